The number of nitrogens with zero attached hydrogens (tertiary/aromatic N) is 1. The first-order valence-corrected chi connectivity index (χ1v) is 8.48. The minimum absolute atomic E-state index is 0.0677. The number of hydrogen-bond donors (Lipinski definition) is 2. The Hall–Kier alpha value is -1.92. The van der Waals surface area contributed by atoms with Gasteiger partial charge in [0.2, 0.25) is 5.91 Å². The molecule has 0 spiro atoms. The lowest BCUT2D eigenvalue weighted by Crippen LogP contribution is -2.50. The number of carbonyl (C=O) groups is 1. The van der Waals surface area contributed by atoms with Crippen molar-refractivity contribution in [2.45, 2.75) is 26.2 Å². The Morgan fingerprint density at radius 1 is 1.42 bits per heavy atom. The topological polar surface area (TPSA) is 76.4 Å². The SMILES string of the molecule is COCC1(C(=O)NCCc2nc3c(C)cccc3o2)CCNCC1. The van der Waals surface area contributed by atoms with Gasteiger partial charge in [0.1, 0.15) is 5.52 Å². The predicted octanol–water partition coefficient (Wildman–Crippen LogP) is 1.81. The lowest BCUT2D eigenvalue weighted by atomic mass is 9.78. The number of oxazole rings is 1. The number of fused-ring (bicyclic) bond motifs is 1. The number of para-hydroxylation sites is 1. The molecule has 0 unspecified atom stereocenters. The second kappa shape index (κ2) is 7.32. The number of benzene rings is 1. The normalized spacial score (nSPS) is 17.1. The summed E-state index contributed by atoms with van der Waals surface area (Å²) in [6.45, 7) is 4.69. The Morgan fingerprint density at radius 3 is 2.92 bits per heavy atom. The molecule has 1 amide bonds. The highest BCUT2D eigenvalue weighted by atomic mass is 16.5. The summed E-state index contributed by atoms with van der Waals surface area (Å²) < 4.78 is 11.1. The van der Waals surface area contributed by atoms with Crippen molar-refractivity contribution in [1.82, 2.24) is 15.6 Å². The Kier molecular flexibility index (Phi) is 5.16. The van der Waals surface area contributed by atoms with Crippen LogP contribution in [0.1, 0.15) is 24.3 Å². The molecule has 1 saturated heterocycles. The van der Waals surface area contributed by atoms with Gasteiger partial charge in [0.15, 0.2) is 11.5 Å². The van der Waals surface area contributed by atoms with Crippen molar-refractivity contribution in [3.8, 4) is 0 Å². The fourth-order valence-corrected chi connectivity index (χ4v) is 3.33. The van der Waals surface area contributed by atoms with E-state index in [0.717, 1.165) is 42.6 Å². The van der Waals surface area contributed by atoms with Gasteiger partial charge in [0.05, 0.1) is 12.0 Å². The predicted molar refractivity (Wildman–Crippen MR) is 91.9 cm³/mol. The van der Waals surface area contributed by atoms with Gasteiger partial charge >= 0.3 is 0 Å². The lowest BCUT2D eigenvalue weighted by Gasteiger charge is -2.35. The third-order valence-electron chi connectivity index (χ3n) is 4.75. The van der Waals surface area contributed by atoms with E-state index in [1.165, 1.54) is 0 Å². The fourth-order valence-electron chi connectivity index (χ4n) is 3.33. The Labute approximate surface area is 142 Å². The number of ether oxygens (including phenoxy) is 1. The molecular weight excluding hydrogens is 306 g/mol. The molecule has 0 saturated carbocycles. The van der Waals surface area contributed by atoms with Crippen LogP contribution < -0.4 is 10.6 Å². The third-order valence-corrected chi connectivity index (χ3v) is 4.75. The van der Waals surface area contributed by atoms with Crippen LogP contribution in [0.5, 0.6) is 0 Å². The maximum atomic E-state index is 12.7. The van der Waals surface area contributed by atoms with Gasteiger partial charge in [-0.25, -0.2) is 4.98 Å². The van der Waals surface area contributed by atoms with Crippen LogP contribution in [0.25, 0.3) is 11.1 Å². The zero-order chi connectivity index (χ0) is 17.0. The van der Waals surface area contributed by atoms with E-state index in [0.29, 0.717) is 25.5 Å². The van der Waals surface area contributed by atoms with Crippen LogP contribution in [0.15, 0.2) is 22.6 Å². The molecule has 0 aliphatic carbocycles. The summed E-state index contributed by atoms with van der Waals surface area (Å²) in [4.78, 5) is 17.2. The van der Waals surface area contributed by atoms with E-state index in [9.17, 15) is 4.79 Å². The number of carbonyl (C=O) groups excluding carboxylic acids is 1. The molecular formula is C18H25N3O3. The van der Waals surface area contributed by atoms with Crippen molar-refractivity contribution in [3.63, 3.8) is 0 Å². The van der Waals surface area contributed by atoms with E-state index in [1.54, 1.807) is 7.11 Å². The van der Waals surface area contributed by atoms with E-state index < -0.39 is 5.41 Å². The minimum Gasteiger partial charge on any atom is -0.441 e. The number of hydrogen-bond acceptors (Lipinski definition) is 5. The molecule has 0 bridgehead atoms. The van der Waals surface area contributed by atoms with Crippen LogP contribution >= 0.6 is 0 Å². The Morgan fingerprint density at radius 2 is 2.21 bits per heavy atom. The maximum Gasteiger partial charge on any atom is 0.228 e. The summed E-state index contributed by atoms with van der Waals surface area (Å²) >= 11 is 0. The molecule has 1 aliphatic heterocycles. The molecule has 1 aromatic heterocycles. The third kappa shape index (κ3) is 3.44. The van der Waals surface area contributed by atoms with Gasteiger partial charge in [-0.3, -0.25) is 4.79 Å². The quantitative estimate of drug-likeness (QED) is 0.844. The first-order chi connectivity index (χ1) is 11.6. The second-order valence-corrected chi connectivity index (χ2v) is 6.50. The molecule has 2 N–H and O–H groups in total. The number of piperidine rings is 1. The van der Waals surface area contributed by atoms with Crippen molar-refractivity contribution in [3.05, 3.63) is 29.7 Å². The average molecular weight is 331 g/mol. The van der Waals surface area contributed by atoms with Crippen LogP contribution in [0.2, 0.25) is 0 Å². The van der Waals surface area contributed by atoms with Crippen molar-refractivity contribution in [2.24, 2.45) is 5.41 Å². The molecule has 0 radical (unpaired) electrons. The van der Waals surface area contributed by atoms with Gasteiger partial charge in [-0.1, -0.05) is 12.1 Å². The van der Waals surface area contributed by atoms with Crippen molar-refractivity contribution in [2.75, 3.05) is 33.4 Å². The summed E-state index contributed by atoms with van der Waals surface area (Å²) in [5.74, 6) is 0.726. The van der Waals surface area contributed by atoms with E-state index in [4.69, 9.17) is 9.15 Å². The maximum absolute atomic E-state index is 12.7. The standard InChI is InChI=1S/C18H25N3O3/c1-13-4-3-5-14-16(13)21-15(24-14)6-9-20-17(22)18(12-23-2)7-10-19-11-8-18/h3-5,19H,6-12H2,1-2H3,(H,20,22). The largest absolute Gasteiger partial charge is 0.441 e. The van der Waals surface area contributed by atoms with Crippen LogP contribution in [-0.2, 0) is 16.0 Å². The molecule has 3 rings (SSSR count). The first-order valence-electron chi connectivity index (χ1n) is 8.48. The second-order valence-electron chi connectivity index (χ2n) is 6.50. The summed E-state index contributed by atoms with van der Waals surface area (Å²) in [5.41, 5.74) is 2.37. The molecule has 6 heteroatoms. The number of rotatable bonds is 6. The van der Waals surface area contributed by atoms with Gasteiger partial charge in [-0.15, -0.1) is 0 Å². The molecule has 2 aromatic rings. The number of methoxy groups -OCH3 is 1. The number of amides is 1. The highest BCUT2D eigenvalue weighted by Gasteiger charge is 2.39. The molecule has 1 aliphatic rings. The van der Waals surface area contributed by atoms with Crippen LogP contribution in [0.4, 0.5) is 0 Å². The molecule has 2 heterocycles. The summed E-state index contributed by atoms with van der Waals surface area (Å²) in [5, 5.41) is 6.33. The summed E-state index contributed by atoms with van der Waals surface area (Å²) in [7, 11) is 1.65. The van der Waals surface area contributed by atoms with Crippen molar-refractivity contribution >= 4 is 17.0 Å². The van der Waals surface area contributed by atoms with E-state index in [-0.39, 0.29) is 5.91 Å². The number of nitrogens with one attached hydrogen (secondary N) is 2. The molecule has 1 aromatic carbocycles. The monoisotopic (exact) mass is 331 g/mol. The Balaban J connectivity index is 1.60. The van der Waals surface area contributed by atoms with Gasteiger partial charge in [0, 0.05) is 20.1 Å². The zero-order valence-corrected chi connectivity index (χ0v) is 14.4. The summed E-state index contributed by atoms with van der Waals surface area (Å²) in [6, 6.07) is 5.89. The molecule has 130 valence electrons. The number of aryl methyl sites for hydroxylation is 1. The molecule has 6 nitrogen and oxygen atoms in total. The van der Waals surface area contributed by atoms with Gasteiger partial charge < -0.3 is 19.8 Å². The lowest BCUT2D eigenvalue weighted by molar-refractivity contribution is -0.136. The van der Waals surface area contributed by atoms with Gasteiger partial charge in [0.25, 0.3) is 0 Å². The first kappa shape index (κ1) is 16.9. The highest BCUT2D eigenvalue weighted by Crippen LogP contribution is 2.29. The van der Waals surface area contributed by atoms with Gasteiger partial charge in [-0.05, 0) is 44.5 Å². The number of aromatic nitrogens is 1. The summed E-state index contributed by atoms with van der Waals surface area (Å²) in [6.07, 6.45) is 2.19. The minimum atomic E-state index is -0.419. The van der Waals surface area contributed by atoms with Crippen LogP contribution in [0.3, 0.4) is 0 Å². The van der Waals surface area contributed by atoms with E-state index in [2.05, 4.69) is 15.6 Å². The fraction of sp³-hybridized carbons (Fsp3) is 0.556. The van der Waals surface area contributed by atoms with E-state index >= 15 is 0 Å². The van der Waals surface area contributed by atoms with Crippen molar-refractivity contribution < 1.29 is 13.9 Å². The van der Waals surface area contributed by atoms with Crippen LogP contribution in [-0.4, -0.2) is 44.2 Å². The smallest absolute Gasteiger partial charge is 0.228 e. The highest BCUT2D eigenvalue weighted by molar-refractivity contribution is 5.83. The zero-order valence-electron chi connectivity index (χ0n) is 14.4. The van der Waals surface area contributed by atoms with E-state index in [1.807, 2.05) is 25.1 Å². The van der Waals surface area contributed by atoms with Gasteiger partial charge in [-0.2, -0.15) is 0 Å². The van der Waals surface area contributed by atoms with Crippen molar-refractivity contribution in [1.29, 1.82) is 0 Å². The molecule has 0 atom stereocenters. The average Bonchev–Trinajstić information content (AvgIpc) is 3.00. The molecule has 1 fully saturated rings. The molecule has 24 heavy (non-hydrogen) atoms. The Bertz CT molecular complexity index is 699. The van der Waals surface area contributed by atoms with Crippen LogP contribution in [0, 0.1) is 12.3 Å².